The van der Waals surface area contributed by atoms with Crippen LogP contribution in [0.3, 0.4) is 0 Å². The molecule has 126 valence electrons. The standard InChI is InChI=1S/C20H24N2O2/c1-2-24-18-10-8-16(9-11-18)19(15-6-4-3-5-7-15)22-20(23)17-12-13-21-14-17/h3-11,17,19,21H,2,12-14H2,1H3,(H,22,23)/t17-,19-/m1/s1. The summed E-state index contributed by atoms with van der Waals surface area (Å²) < 4.78 is 5.51. The molecule has 1 fully saturated rings. The summed E-state index contributed by atoms with van der Waals surface area (Å²) >= 11 is 0. The van der Waals surface area contributed by atoms with Crippen LogP contribution in [0.5, 0.6) is 5.75 Å². The van der Waals surface area contributed by atoms with Crippen molar-refractivity contribution in [3.63, 3.8) is 0 Å². The van der Waals surface area contributed by atoms with E-state index in [1.54, 1.807) is 0 Å². The van der Waals surface area contributed by atoms with Crippen molar-refractivity contribution in [2.24, 2.45) is 5.92 Å². The van der Waals surface area contributed by atoms with Gasteiger partial charge in [0.15, 0.2) is 0 Å². The summed E-state index contributed by atoms with van der Waals surface area (Å²) in [5.74, 6) is 1.01. The van der Waals surface area contributed by atoms with Gasteiger partial charge in [-0.2, -0.15) is 0 Å². The van der Waals surface area contributed by atoms with E-state index in [4.69, 9.17) is 4.74 Å². The molecule has 4 nitrogen and oxygen atoms in total. The molecule has 1 saturated heterocycles. The van der Waals surface area contributed by atoms with Crippen LogP contribution in [-0.2, 0) is 4.79 Å². The molecule has 0 bridgehead atoms. The quantitative estimate of drug-likeness (QED) is 0.859. The fourth-order valence-corrected chi connectivity index (χ4v) is 3.07. The molecule has 0 aliphatic carbocycles. The first-order valence-electron chi connectivity index (χ1n) is 8.56. The minimum absolute atomic E-state index is 0.0545. The van der Waals surface area contributed by atoms with Gasteiger partial charge in [-0.05, 0) is 43.1 Å². The molecule has 2 aromatic rings. The third kappa shape index (κ3) is 3.95. The lowest BCUT2D eigenvalue weighted by atomic mass is 9.97. The molecule has 0 unspecified atom stereocenters. The zero-order valence-electron chi connectivity index (χ0n) is 14.0. The summed E-state index contributed by atoms with van der Waals surface area (Å²) in [5, 5.41) is 6.47. The first-order valence-corrected chi connectivity index (χ1v) is 8.56. The minimum atomic E-state index is -0.144. The Morgan fingerprint density at radius 1 is 1.17 bits per heavy atom. The molecule has 0 saturated carbocycles. The number of rotatable bonds is 6. The maximum atomic E-state index is 12.6. The summed E-state index contributed by atoms with van der Waals surface area (Å²) in [7, 11) is 0. The Labute approximate surface area is 143 Å². The van der Waals surface area contributed by atoms with Crippen LogP contribution in [0, 0.1) is 5.92 Å². The Morgan fingerprint density at radius 3 is 2.50 bits per heavy atom. The lowest BCUT2D eigenvalue weighted by molar-refractivity contribution is -0.124. The van der Waals surface area contributed by atoms with Crippen LogP contribution in [-0.4, -0.2) is 25.6 Å². The summed E-state index contributed by atoms with van der Waals surface area (Å²) in [6.07, 6.45) is 0.899. The van der Waals surface area contributed by atoms with Gasteiger partial charge in [0.05, 0.1) is 18.6 Å². The second kappa shape index (κ2) is 7.97. The minimum Gasteiger partial charge on any atom is -0.494 e. The van der Waals surface area contributed by atoms with E-state index < -0.39 is 0 Å². The zero-order valence-corrected chi connectivity index (χ0v) is 14.0. The molecular weight excluding hydrogens is 300 g/mol. The van der Waals surface area contributed by atoms with Gasteiger partial charge in [-0.25, -0.2) is 0 Å². The molecular formula is C20H24N2O2. The monoisotopic (exact) mass is 324 g/mol. The molecule has 0 radical (unpaired) electrons. The van der Waals surface area contributed by atoms with Crippen LogP contribution in [0.4, 0.5) is 0 Å². The van der Waals surface area contributed by atoms with Crippen molar-refractivity contribution in [2.45, 2.75) is 19.4 Å². The van der Waals surface area contributed by atoms with Crippen LogP contribution in [0.2, 0.25) is 0 Å². The number of nitrogens with one attached hydrogen (secondary N) is 2. The van der Waals surface area contributed by atoms with Gasteiger partial charge in [0.25, 0.3) is 0 Å². The smallest absolute Gasteiger partial charge is 0.225 e. The van der Waals surface area contributed by atoms with Crippen molar-refractivity contribution < 1.29 is 9.53 Å². The zero-order chi connectivity index (χ0) is 16.8. The van der Waals surface area contributed by atoms with E-state index in [2.05, 4.69) is 10.6 Å². The molecule has 24 heavy (non-hydrogen) atoms. The number of hydrogen-bond acceptors (Lipinski definition) is 3. The molecule has 1 aliphatic heterocycles. The fraction of sp³-hybridized carbons (Fsp3) is 0.350. The van der Waals surface area contributed by atoms with Gasteiger partial charge in [0, 0.05) is 6.54 Å². The highest BCUT2D eigenvalue weighted by molar-refractivity contribution is 5.80. The first-order chi connectivity index (χ1) is 11.8. The van der Waals surface area contributed by atoms with Gasteiger partial charge in [-0.1, -0.05) is 42.5 Å². The van der Waals surface area contributed by atoms with E-state index >= 15 is 0 Å². The fourth-order valence-electron chi connectivity index (χ4n) is 3.07. The van der Waals surface area contributed by atoms with Crippen molar-refractivity contribution in [2.75, 3.05) is 19.7 Å². The summed E-state index contributed by atoms with van der Waals surface area (Å²) in [6, 6.07) is 17.9. The predicted octanol–water partition coefficient (Wildman–Crippen LogP) is 2.90. The average molecular weight is 324 g/mol. The van der Waals surface area contributed by atoms with E-state index in [1.165, 1.54) is 0 Å². The summed E-state index contributed by atoms with van der Waals surface area (Å²) in [6.45, 7) is 4.29. The van der Waals surface area contributed by atoms with Crippen molar-refractivity contribution >= 4 is 5.91 Å². The molecule has 2 atom stereocenters. The first kappa shape index (κ1) is 16.5. The molecule has 1 amide bonds. The van der Waals surface area contributed by atoms with Crippen LogP contribution in [0.15, 0.2) is 54.6 Å². The Kier molecular flexibility index (Phi) is 5.49. The van der Waals surface area contributed by atoms with Crippen molar-refractivity contribution in [3.8, 4) is 5.75 Å². The van der Waals surface area contributed by atoms with Crippen LogP contribution >= 0.6 is 0 Å². The van der Waals surface area contributed by atoms with E-state index in [0.29, 0.717) is 6.61 Å². The normalized spacial score (nSPS) is 18.1. The van der Waals surface area contributed by atoms with Gasteiger partial charge < -0.3 is 15.4 Å². The topological polar surface area (TPSA) is 50.4 Å². The predicted molar refractivity (Wildman–Crippen MR) is 95.0 cm³/mol. The summed E-state index contributed by atoms with van der Waals surface area (Å²) in [4.78, 5) is 12.6. The molecule has 3 rings (SSSR count). The molecule has 0 spiro atoms. The molecule has 1 heterocycles. The van der Waals surface area contributed by atoms with Crippen molar-refractivity contribution in [3.05, 3.63) is 65.7 Å². The Balaban J connectivity index is 1.83. The van der Waals surface area contributed by atoms with Crippen LogP contribution in [0.1, 0.15) is 30.5 Å². The average Bonchev–Trinajstić information content (AvgIpc) is 3.16. The van der Waals surface area contributed by atoms with Gasteiger partial charge >= 0.3 is 0 Å². The number of hydrogen-bond donors (Lipinski definition) is 2. The lowest BCUT2D eigenvalue weighted by Crippen LogP contribution is -2.35. The molecule has 1 aliphatic rings. The van der Waals surface area contributed by atoms with Crippen LogP contribution < -0.4 is 15.4 Å². The third-order valence-corrected chi connectivity index (χ3v) is 4.38. The number of benzene rings is 2. The number of amides is 1. The highest BCUT2D eigenvalue weighted by atomic mass is 16.5. The SMILES string of the molecule is CCOc1ccc([C@H](NC(=O)[C@@H]2CCNC2)c2ccccc2)cc1. The highest BCUT2D eigenvalue weighted by Crippen LogP contribution is 2.25. The summed E-state index contributed by atoms with van der Waals surface area (Å²) in [5.41, 5.74) is 2.14. The third-order valence-electron chi connectivity index (χ3n) is 4.38. The van der Waals surface area contributed by atoms with Crippen LogP contribution in [0.25, 0.3) is 0 Å². The maximum Gasteiger partial charge on any atom is 0.225 e. The van der Waals surface area contributed by atoms with E-state index in [1.807, 2.05) is 61.5 Å². The number of carbonyl (C=O) groups is 1. The Bertz CT molecular complexity index is 649. The Hall–Kier alpha value is -2.33. The van der Waals surface area contributed by atoms with E-state index in [0.717, 1.165) is 36.4 Å². The van der Waals surface area contributed by atoms with E-state index in [9.17, 15) is 4.79 Å². The van der Waals surface area contributed by atoms with Gasteiger partial charge in [0.1, 0.15) is 5.75 Å². The number of carbonyl (C=O) groups excluding carboxylic acids is 1. The van der Waals surface area contributed by atoms with Gasteiger partial charge in [-0.3, -0.25) is 4.79 Å². The van der Waals surface area contributed by atoms with Crippen molar-refractivity contribution in [1.29, 1.82) is 0 Å². The van der Waals surface area contributed by atoms with E-state index in [-0.39, 0.29) is 17.9 Å². The molecule has 0 aromatic heterocycles. The molecule has 4 heteroatoms. The number of ether oxygens (including phenoxy) is 1. The van der Waals surface area contributed by atoms with Gasteiger partial charge in [0.2, 0.25) is 5.91 Å². The lowest BCUT2D eigenvalue weighted by Gasteiger charge is -2.22. The molecule has 2 aromatic carbocycles. The molecule has 2 N–H and O–H groups in total. The largest absolute Gasteiger partial charge is 0.494 e. The maximum absolute atomic E-state index is 12.6. The second-order valence-electron chi connectivity index (χ2n) is 6.04. The second-order valence-corrected chi connectivity index (χ2v) is 6.04. The Morgan fingerprint density at radius 2 is 1.88 bits per heavy atom. The van der Waals surface area contributed by atoms with Crippen molar-refractivity contribution in [1.82, 2.24) is 10.6 Å². The highest BCUT2D eigenvalue weighted by Gasteiger charge is 2.25. The van der Waals surface area contributed by atoms with Gasteiger partial charge in [-0.15, -0.1) is 0 Å².